The van der Waals surface area contributed by atoms with E-state index in [0.717, 1.165) is 57.7 Å². The maximum atomic E-state index is 12.6. The van der Waals surface area contributed by atoms with E-state index in [2.05, 4.69) is 18.7 Å². The SMILES string of the molecule is Cc1nc(C2CCCN(C(=O)CC3CCOCC3)C2)sc1C. The van der Waals surface area contributed by atoms with Gasteiger partial charge in [-0.05, 0) is 45.4 Å². The molecular weight excluding hydrogens is 296 g/mol. The summed E-state index contributed by atoms with van der Waals surface area (Å²) in [5.41, 5.74) is 1.14. The highest BCUT2D eigenvalue weighted by molar-refractivity contribution is 7.11. The molecule has 4 nitrogen and oxygen atoms in total. The predicted molar refractivity (Wildman–Crippen MR) is 88.3 cm³/mol. The third-order valence-corrected chi connectivity index (χ3v) is 6.21. The van der Waals surface area contributed by atoms with Gasteiger partial charge in [-0.3, -0.25) is 4.79 Å². The molecule has 1 atom stereocenters. The molecule has 122 valence electrons. The molecule has 0 aliphatic carbocycles. The van der Waals surface area contributed by atoms with E-state index < -0.39 is 0 Å². The van der Waals surface area contributed by atoms with E-state index in [-0.39, 0.29) is 0 Å². The van der Waals surface area contributed by atoms with Gasteiger partial charge in [-0.25, -0.2) is 4.98 Å². The van der Waals surface area contributed by atoms with Crippen LogP contribution in [0.15, 0.2) is 0 Å². The maximum absolute atomic E-state index is 12.6. The Balaban J connectivity index is 1.58. The molecule has 22 heavy (non-hydrogen) atoms. The van der Waals surface area contributed by atoms with Crippen molar-refractivity contribution in [3.05, 3.63) is 15.6 Å². The van der Waals surface area contributed by atoms with Gasteiger partial charge in [0.1, 0.15) is 0 Å². The second-order valence-electron chi connectivity index (χ2n) is 6.63. The number of aryl methyl sites for hydroxylation is 2. The van der Waals surface area contributed by atoms with Crippen molar-refractivity contribution in [2.75, 3.05) is 26.3 Å². The Kier molecular flexibility index (Phi) is 5.14. The number of hydrogen-bond acceptors (Lipinski definition) is 4. The monoisotopic (exact) mass is 322 g/mol. The number of nitrogens with zero attached hydrogens (tertiary/aromatic N) is 2. The Labute approximate surface area is 136 Å². The predicted octanol–water partition coefficient (Wildman–Crippen LogP) is 3.28. The Morgan fingerprint density at radius 3 is 2.77 bits per heavy atom. The van der Waals surface area contributed by atoms with E-state index in [1.807, 2.05) is 0 Å². The van der Waals surface area contributed by atoms with E-state index in [0.29, 0.717) is 24.2 Å². The van der Waals surface area contributed by atoms with E-state index in [1.54, 1.807) is 11.3 Å². The van der Waals surface area contributed by atoms with Crippen LogP contribution in [-0.2, 0) is 9.53 Å². The molecule has 3 heterocycles. The second kappa shape index (κ2) is 7.09. The van der Waals surface area contributed by atoms with Gasteiger partial charge >= 0.3 is 0 Å². The van der Waals surface area contributed by atoms with Gasteiger partial charge in [0.25, 0.3) is 0 Å². The first-order chi connectivity index (χ1) is 10.6. The van der Waals surface area contributed by atoms with Crippen LogP contribution >= 0.6 is 11.3 Å². The van der Waals surface area contributed by atoms with Crippen LogP contribution in [0.2, 0.25) is 0 Å². The van der Waals surface area contributed by atoms with Gasteiger partial charge in [-0.15, -0.1) is 11.3 Å². The van der Waals surface area contributed by atoms with Gasteiger partial charge in [0, 0.05) is 43.5 Å². The van der Waals surface area contributed by atoms with Gasteiger partial charge in [0.2, 0.25) is 5.91 Å². The molecule has 0 N–H and O–H groups in total. The average molecular weight is 322 g/mol. The lowest BCUT2D eigenvalue weighted by atomic mass is 9.94. The zero-order chi connectivity index (χ0) is 15.5. The first-order valence-corrected chi connectivity index (χ1v) is 9.24. The van der Waals surface area contributed by atoms with Gasteiger partial charge in [-0.2, -0.15) is 0 Å². The van der Waals surface area contributed by atoms with Gasteiger partial charge in [0.15, 0.2) is 0 Å². The van der Waals surface area contributed by atoms with Crippen LogP contribution < -0.4 is 0 Å². The van der Waals surface area contributed by atoms with Crippen molar-refractivity contribution >= 4 is 17.2 Å². The Hall–Kier alpha value is -0.940. The Morgan fingerprint density at radius 2 is 2.09 bits per heavy atom. The van der Waals surface area contributed by atoms with Crippen LogP contribution in [0.4, 0.5) is 0 Å². The lowest BCUT2D eigenvalue weighted by molar-refractivity contribution is -0.134. The van der Waals surface area contributed by atoms with Crippen molar-refractivity contribution in [3.63, 3.8) is 0 Å². The average Bonchev–Trinajstić information content (AvgIpc) is 2.88. The molecule has 0 saturated carbocycles. The number of rotatable bonds is 3. The van der Waals surface area contributed by atoms with Crippen molar-refractivity contribution in [2.45, 2.75) is 51.9 Å². The number of ether oxygens (including phenoxy) is 1. The molecular formula is C17H26N2O2S. The quantitative estimate of drug-likeness (QED) is 0.857. The molecule has 0 spiro atoms. The minimum absolute atomic E-state index is 0.335. The molecule has 1 amide bonds. The van der Waals surface area contributed by atoms with Crippen molar-refractivity contribution in [3.8, 4) is 0 Å². The first-order valence-electron chi connectivity index (χ1n) is 8.43. The molecule has 5 heteroatoms. The number of hydrogen-bond donors (Lipinski definition) is 0. The standard InChI is InChI=1S/C17H26N2O2S/c1-12-13(2)22-17(18-12)15-4-3-7-19(11-15)16(20)10-14-5-8-21-9-6-14/h14-15H,3-11H2,1-2H3. The summed E-state index contributed by atoms with van der Waals surface area (Å²) in [6.07, 6.45) is 5.03. The summed E-state index contributed by atoms with van der Waals surface area (Å²) >= 11 is 1.80. The van der Waals surface area contributed by atoms with Gasteiger partial charge in [0.05, 0.1) is 10.7 Å². The van der Waals surface area contributed by atoms with E-state index in [9.17, 15) is 4.79 Å². The minimum atomic E-state index is 0.335. The number of likely N-dealkylation sites (tertiary alicyclic amines) is 1. The Morgan fingerprint density at radius 1 is 1.32 bits per heavy atom. The second-order valence-corrected chi connectivity index (χ2v) is 7.87. The first kappa shape index (κ1) is 15.9. The number of carbonyl (C=O) groups excluding carboxylic acids is 1. The van der Waals surface area contributed by atoms with Crippen LogP contribution in [0.5, 0.6) is 0 Å². The molecule has 2 aliphatic heterocycles. The summed E-state index contributed by atoms with van der Waals surface area (Å²) < 4.78 is 5.38. The van der Waals surface area contributed by atoms with Crippen LogP contribution in [-0.4, -0.2) is 42.1 Å². The lowest BCUT2D eigenvalue weighted by Crippen LogP contribution is -2.40. The summed E-state index contributed by atoms with van der Waals surface area (Å²) in [5, 5.41) is 1.22. The molecule has 2 saturated heterocycles. The van der Waals surface area contributed by atoms with Gasteiger partial charge < -0.3 is 9.64 Å². The number of amides is 1. The van der Waals surface area contributed by atoms with Crippen molar-refractivity contribution in [1.29, 1.82) is 0 Å². The van der Waals surface area contributed by atoms with Crippen LogP contribution in [0, 0.1) is 19.8 Å². The fraction of sp³-hybridized carbons (Fsp3) is 0.765. The lowest BCUT2D eigenvalue weighted by Gasteiger charge is -2.33. The summed E-state index contributed by atoms with van der Waals surface area (Å²) in [6.45, 7) is 7.62. The van der Waals surface area contributed by atoms with E-state index >= 15 is 0 Å². The molecule has 2 aliphatic rings. The fourth-order valence-electron chi connectivity index (χ4n) is 3.40. The number of thiazole rings is 1. The third-order valence-electron chi connectivity index (χ3n) is 4.97. The highest BCUT2D eigenvalue weighted by Gasteiger charge is 2.28. The summed E-state index contributed by atoms with van der Waals surface area (Å²) in [7, 11) is 0. The number of piperidine rings is 1. The van der Waals surface area contributed by atoms with Gasteiger partial charge in [-0.1, -0.05) is 0 Å². The maximum Gasteiger partial charge on any atom is 0.222 e. The molecule has 0 aromatic carbocycles. The minimum Gasteiger partial charge on any atom is -0.381 e. The fourth-order valence-corrected chi connectivity index (χ4v) is 4.45. The van der Waals surface area contributed by atoms with E-state index in [1.165, 1.54) is 9.88 Å². The largest absolute Gasteiger partial charge is 0.381 e. The third kappa shape index (κ3) is 3.69. The van der Waals surface area contributed by atoms with Crippen molar-refractivity contribution in [2.24, 2.45) is 5.92 Å². The summed E-state index contributed by atoms with van der Waals surface area (Å²) in [4.78, 5) is 20.7. The zero-order valence-electron chi connectivity index (χ0n) is 13.6. The highest BCUT2D eigenvalue weighted by atomic mass is 32.1. The number of carbonyl (C=O) groups is 1. The van der Waals surface area contributed by atoms with Crippen LogP contribution in [0.25, 0.3) is 0 Å². The molecule has 1 unspecified atom stereocenters. The van der Waals surface area contributed by atoms with E-state index in [4.69, 9.17) is 9.72 Å². The molecule has 0 radical (unpaired) electrons. The zero-order valence-corrected chi connectivity index (χ0v) is 14.5. The number of aromatic nitrogens is 1. The molecule has 0 bridgehead atoms. The summed E-state index contributed by atoms with van der Waals surface area (Å²) in [6, 6.07) is 0. The highest BCUT2D eigenvalue weighted by Crippen LogP contribution is 2.32. The molecule has 1 aromatic heterocycles. The normalized spacial score (nSPS) is 23.7. The van der Waals surface area contributed by atoms with Crippen LogP contribution in [0.3, 0.4) is 0 Å². The smallest absolute Gasteiger partial charge is 0.222 e. The van der Waals surface area contributed by atoms with Crippen molar-refractivity contribution < 1.29 is 9.53 Å². The summed E-state index contributed by atoms with van der Waals surface area (Å²) in [5.74, 6) is 1.29. The topological polar surface area (TPSA) is 42.4 Å². The van der Waals surface area contributed by atoms with Crippen molar-refractivity contribution in [1.82, 2.24) is 9.88 Å². The Bertz CT molecular complexity index is 503. The van der Waals surface area contributed by atoms with Crippen LogP contribution in [0.1, 0.15) is 53.6 Å². The molecule has 1 aromatic rings. The molecule has 3 rings (SSSR count). The molecule has 2 fully saturated rings.